The van der Waals surface area contributed by atoms with E-state index >= 15 is 0 Å². The summed E-state index contributed by atoms with van der Waals surface area (Å²) in [6, 6.07) is 4.51. The van der Waals surface area contributed by atoms with Crippen molar-refractivity contribution in [1.29, 1.82) is 0 Å². The monoisotopic (exact) mass is 380 g/mol. The number of hydrogen-bond donors (Lipinski definition) is 1. The first-order valence-corrected chi connectivity index (χ1v) is 10.9. The highest BCUT2D eigenvalue weighted by atomic mass is 35.5. The first-order valence-electron chi connectivity index (χ1n) is 6.86. The van der Waals surface area contributed by atoms with Crippen LogP contribution in [0.1, 0.15) is 12.8 Å². The summed E-state index contributed by atoms with van der Waals surface area (Å²) in [6.45, 7) is 0.341. The van der Waals surface area contributed by atoms with Crippen molar-refractivity contribution < 1.29 is 21.6 Å². The van der Waals surface area contributed by atoms with Crippen molar-refractivity contribution in [2.45, 2.75) is 12.8 Å². The number of carbonyl (C=O) groups is 1. The maximum atomic E-state index is 12.0. The number of hydrogen-bond acceptors (Lipinski definition) is 5. The molecule has 7 nitrogen and oxygen atoms in total. The highest BCUT2D eigenvalue weighted by Gasteiger charge is 2.30. The number of nitrogens with one attached hydrogen (secondary N) is 1. The predicted molar refractivity (Wildman–Crippen MR) is 90.2 cm³/mol. The second-order valence-electron chi connectivity index (χ2n) is 5.34. The highest BCUT2D eigenvalue weighted by Crippen LogP contribution is 2.33. The Kier molecular flexibility index (Phi) is 5.22. The normalized spacial score (nSPS) is 17.2. The van der Waals surface area contributed by atoms with Crippen LogP contribution in [-0.2, 0) is 24.7 Å². The zero-order chi connectivity index (χ0) is 17.3. The summed E-state index contributed by atoms with van der Waals surface area (Å²) in [7, 11) is -6.60. The quantitative estimate of drug-likeness (QED) is 0.828. The molecule has 23 heavy (non-hydrogen) atoms. The zero-order valence-corrected chi connectivity index (χ0v) is 14.8. The summed E-state index contributed by atoms with van der Waals surface area (Å²) in [5, 5.41) is 2.82. The summed E-state index contributed by atoms with van der Waals surface area (Å²) in [5.41, 5.74) is 0.676. The Labute approximate surface area is 140 Å². The molecule has 0 atom stereocenters. The van der Waals surface area contributed by atoms with Gasteiger partial charge >= 0.3 is 0 Å². The third kappa shape index (κ3) is 4.82. The molecule has 1 saturated heterocycles. The van der Waals surface area contributed by atoms with Gasteiger partial charge in [-0.05, 0) is 24.6 Å². The molecular weight excluding hydrogens is 364 g/mol. The number of sulfonamides is 1. The van der Waals surface area contributed by atoms with Crippen LogP contribution < -0.4 is 9.62 Å². The number of carbonyl (C=O) groups excluding carboxylic acids is 1. The number of amides is 1. The smallest absolute Gasteiger partial charge is 0.235 e. The molecule has 1 amide bonds. The first-order chi connectivity index (χ1) is 10.6. The number of halogens is 1. The second-order valence-corrected chi connectivity index (χ2v) is 10.0. The average Bonchev–Trinajstić information content (AvgIpc) is 2.77. The van der Waals surface area contributed by atoms with Gasteiger partial charge in [-0.15, -0.1) is 0 Å². The average molecular weight is 381 g/mol. The van der Waals surface area contributed by atoms with Crippen LogP contribution in [0.2, 0.25) is 5.02 Å². The van der Waals surface area contributed by atoms with E-state index in [0.717, 1.165) is 6.26 Å². The van der Waals surface area contributed by atoms with Crippen molar-refractivity contribution in [1.82, 2.24) is 0 Å². The molecule has 1 fully saturated rings. The van der Waals surface area contributed by atoms with E-state index in [1.807, 2.05) is 0 Å². The molecule has 0 aromatic heterocycles. The minimum Gasteiger partial charge on any atom is -0.326 e. The van der Waals surface area contributed by atoms with Gasteiger partial charge in [-0.3, -0.25) is 9.10 Å². The molecule has 1 N–H and O–H groups in total. The molecule has 0 unspecified atom stereocenters. The Bertz CT molecular complexity index is 821. The summed E-state index contributed by atoms with van der Waals surface area (Å²) >= 11 is 6.06. The molecule has 0 aliphatic carbocycles. The largest absolute Gasteiger partial charge is 0.326 e. The molecule has 1 aromatic carbocycles. The van der Waals surface area contributed by atoms with Gasteiger partial charge in [-0.25, -0.2) is 16.8 Å². The van der Waals surface area contributed by atoms with Gasteiger partial charge in [0.1, 0.15) is 9.84 Å². The van der Waals surface area contributed by atoms with E-state index in [1.165, 1.54) is 22.5 Å². The Morgan fingerprint density at radius 3 is 2.65 bits per heavy atom. The van der Waals surface area contributed by atoms with E-state index in [0.29, 0.717) is 24.3 Å². The maximum Gasteiger partial charge on any atom is 0.235 e. The molecule has 1 heterocycles. The van der Waals surface area contributed by atoms with Crippen LogP contribution in [-0.4, -0.2) is 47.0 Å². The lowest BCUT2D eigenvalue weighted by Crippen LogP contribution is -2.25. The van der Waals surface area contributed by atoms with Gasteiger partial charge in [-0.1, -0.05) is 11.6 Å². The standard InChI is InChI=1S/C13H17ClN2O5S2/c1-22(18,19)8-5-13(17)15-10-3-4-11(14)12(9-10)16-6-2-7-23(16,20)21/h3-4,9H,2,5-8H2,1H3,(H,15,17). The molecule has 0 bridgehead atoms. The number of anilines is 2. The minimum absolute atomic E-state index is 0.0638. The fourth-order valence-corrected chi connectivity index (χ4v) is 4.59. The lowest BCUT2D eigenvalue weighted by atomic mass is 10.2. The van der Waals surface area contributed by atoms with Crippen molar-refractivity contribution >= 4 is 48.7 Å². The Morgan fingerprint density at radius 2 is 2.09 bits per heavy atom. The maximum absolute atomic E-state index is 12.0. The van der Waals surface area contributed by atoms with Crippen molar-refractivity contribution in [3.8, 4) is 0 Å². The zero-order valence-electron chi connectivity index (χ0n) is 12.5. The van der Waals surface area contributed by atoms with Crippen LogP contribution in [0, 0.1) is 0 Å². The summed E-state index contributed by atoms with van der Waals surface area (Å²) in [4.78, 5) is 11.8. The van der Waals surface area contributed by atoms with Gasteiger partial charge in [-0.2, -0.15) is 0 Å². The van der Waals surface area contributed by atoms with Gasteiger partial charge in [0.2, 0.25) is 15.9 Å². The molecule has 10 heteroatoms. The molecule has 0 saturated carbocycles. The van der Waals surface area contributed by atoms with E-state index in [4.69, 9.17) is 11.6 Å². The number of benzene rings is 1. The van der Waals surface area contributed by atoms with Crippen LogP contribution >= 0.6 is 11.6 Å². The molecule has 128 valence electrons. The third-order valence-corrected chi connectivity index (χ3v) is 6.42. The lowest BCUT2D eigenvalue weighted by molar-refractivity contribution is -0.115. The van der Waals surface area contributed by atoms with E-state index in [-0.39, 0.29) is 22.9 Å². The Hall–Kier alpha value is -1.32. The van der Waals surface area contributed by atoms with E-state index < -0.39 is 25.8 Å². The fourth-order valence-electron chi connectivity index (χ4n) is 2.19. The van der Waals surface area contributed by atoms with Crippen LogP contribution in [0.3, 0.4) is 0 Å². The fraction of sp³-hybridized carbons (Fsp3) is 0.462. The molecule has 1 aliphatic heterocycles. The molecule has 0 radical (unpaired) electrons. The number of sulfone groups is 1. The Morgan fingerprint density at radius 1 is 1.39 bits per heavy atom. The van der Waals surface area contributed by atoms with Crippen molar-refractivity contribution in [2.24, 2.45) is 0 Å². The molecule has 1 aliphatic rings. The highest BCUT2D eigenvalue weighted by molar-refractivity contribution is 7.93. The summed E-state index contributed by atoms with van der Waals surface area (Å²) < 4.78 is 47.3. The van der Waals surface area contributed by atoms with Crippen molar-refractivity contribution in [2.75, 3.05) is 33.9 Å². The van der Waals surface area contributed by atoms with Crippen molar-refractivity contribution in [3.63, 3.8) is 0 Å². The Balaban J connectivity index is 2.16. The predicted octanol–water partition coefficient (Wildman–Crippen LogP) is 1.25. The van der Waals surface area contributed by atoms with Gasteiger partial charge in [0.05, 0.1) is 22.2 Å². The van der Waals surface area contributed by atoms with Crippen LogP contribution in [0.15, 0.2) is 18.2 Å². The molecule has 2 rings (SSSR count). The van der Waals surface area contributed by atoms with Crippen LogP contribution in [0.25, 0.3) is 0 Å². The topological polar surface area (TPSA) is 101 Å². The van der Waals surface area contributed by atoms with Crippen LogP contribution in [0.4, 0.5) is 11.4 Å². The van der Waals surface area contributed by atoms with Crippen molar-refractivity contribution in [3.05, 3.63) is 23.2 Å². The summed E-state index contributed by atoms with van der Waals surface area (Å²) in [6.07, 6.45) is 1.40. The molecule has 1 aromatic rings. The van der Waals surface area contributed by atoms with Gasteiger partial charge in [0.25, 0.3) is 0 Å². The molecular formula is C13H17ClN2O5S2. The third-order valence-electron chi connectivity index (χ3n) is 3.30. The summed E-state index contributed by atoms with van der Waals surface area (Å²) in [5.74, 6) is -0.651. The second kappa shape index (κ2) is 6.66. The lowest BCUT2D eigenvalue weighted by Gasteiger charge is -2.19. The van der Waals surface area contributed by atoms with E-state index in [2.05, 4.69) is 5.32 Å². The van der Waals surface area contributed by atoms with Gasteiger partial charge < -0.3 is 5.32 Å². The van der Waals surface area contributed by atoms with E-state index in [9.17, 15) is 21.6 Å². The SMILES string of the molecule is CS(=O)(=O)CCC(=O)Nc1ccc(Cl)c(N2CCCS2(=O)=O)c1. The number of rotatable bonds is 5. The van der Waals surface area contributed by atoms with E-state index in [1.54, 1.807) is 0 Å². The van der Waals surface area contributed by atoms with Gasteiger partial charge in [0, 0.05) is 24.9 Å². The van der Waals surface area contributed by atoms with Gasteiger partial charge in [0.15, 0.2) is 0 Å². The van der Waals surface area contributed by atoms with Crippen LogP contribution in [0.5, 0.6) is 0 Å². The minimum atomic E-state index is -3.38. The first kappa shape index (κ1) is 18.0. The number of nitrogens with zero attached hydrogens (tertiary/aromatic N) is 1. The molecule has 0 spiro atoms.